The van der Waals surface area contributed by atoms with Crippen LogP contribution in [0.1, 0.15) is 16.8 Å². The Morgan fingerprint density at radius 1 is 1.24 bits per heavy atom. The van der Waals surface area contributed by atoms with Crippen molar-refractivity contribution in [1.82, 2.24) is 9.61 Å². The smallest absolute Gasteiger partial charge is 0.473 e. The van der Waals surface area contributed by atoms with Gasteiger partial charge >= 0.3 is 6.16 Å². The lowest BCUT2D eigenvalue weighted by molar-refractivity contribution is 0.144. The Labute approximate surface area is 141 Å². The van der Waals surface area contributed by atoms with Gasteiger partial charge < -0.3 is 14.6 Å². The summed E-state index contributed by atoms with van der Waals surface area (Å²) >= 11 is 0. The summed E-state index contributed by atoms with van der Waals surface area (Å²) in [7, 11) is 0. The summed E-state index contributed by atoms with van der Waals surface area (Å²) in [6.07, 6.45) is -1.46. The Kier molecular flexibility index (Phi) is 4.26. The fourth-order valence-electron chi connectivity index (χ4n) is 2.47. The number of rotatable bonds is 4. The van der Waals surface area contributed by atoms with Gasteiger partial charge in [0.05, 0.1) is 5.56 Å². The van der Waals surface area contributed by atoms with E-state index in [0.717, 1.165) is 17.7 Å². The summed E-state index contributed by atoms with van der Waals surface area (Å²) in [5, 5.41) is 13.0. The first-order valence-corrected chi connectivity index (χ1v) is 7.33. The molecule has 2 heterocycles. The number of carboxylic acid groups (broad SMARTS) is 1. The molecule has 6 nitrogen and oxygen atoms in total. The summed E-state index contributed by atoms with van der Waals surface area (Å²) in [4.78, 5) is 10.8. The van der Waals surface area contributed by atoms with Gasteiger partial charge in [0.1, 0.15) is 29.5 Å². The topological polar surface area (TPSA) is 73.1 Å². The van der Waals surface area contributed by atoms with Gasteiger partial charge in [0.2, 0.25) is 5.88 Å². The molecule has 1 aromatic carbocycles. The van der Waals surface area contributed by atoms with Crippen LogP contribution in [0, 0.1) is 25.5 Å². The van der Waals surface area contributed by atoms with Crippen LogP contribution in [0.2, 0.25) is 0 Å². The second-order valence-corrected chi connectivity index (χ2v) is 5.44. The lowest BCUT2D eigenvalue weighted by Gasteiger charge is -2.10. The van der Waals surface area contributed by atoms with Gasteiger partial charge in [-0.2, -0.15) is 9.61 Å². The van der Waals surface area contributed by atoms with E-state index in [2.05, 4.69) is 5.10 Å². The lowest BCUT2D eigenvalue weighted by atomic mass is 10.2. The van der Waals surface area contributed by atoms with Crippen molar-refractivity contribution in [3.63, 3.8) is 0 Å². The molecule has 0 saturated heterocycles. The van der Waals surface area contributed by atoms with Crippen molar-refractivity contribution < 1.29 is 28.2 Å². The van der Waals surface area contributed by atoms with E-state index in [1.807, 2.05) is 0 Å². The van der Waals surface area contributed by atoms with Crippen LogP contribution >= 0.6 is 0 Å². The number of hydrogen-bond acceptors (Lipinski definition) is 4. The van der Waals surface area contributed by atoms with E-state index in [0.29, 0.717) is 11.2 Å². The van der Waals surface area contributed by atoms with Crippen LogP contribution in [0.3, 0.4) is 0 Å². The molecule has 0 saturated carbocycles. The number of aromatic nitrogens is 2. The molecule has 0 bridgehead atoms. The highest BCUT2D eigenvalue weighted by Gasteiger charge is 2.18. The van der Waals surface area contributed by atoms with Crippen LogP contribution in [-0.4, -0.2) is 20.9 Å². The molecule has 0 amide bonds. The number of carbonyl (C=O) groups is 1. The van der Waals surface area contributed by atoms with Crippen molar-refractivity contribution in [3.05, 3.63) is 58.8 Å². The zero-order valence-electron chi connectivity index (χ0n) is 13.4. The highest BCUT2D eigenvalue weighted by molar-refractivity contribution is 5.71. The van der Waals surface area contributed by atoms with E-state index >= 15 is 0 Å². The van der Waals surface area contributed by atoms with Crippen LogP contribution in [0.5, 0.6) is 11.6 Å². The van der Waals surface area contributed by atoms with Gasteiger partial charge in [-0.3, -0.25) is 0 Å². The fraction of sp³-hybridized carbons (Fsp3) is 0.176. The second kappa shape index (κ2) is 6.39. The van der Waals surface area contributed by atoms with Crippen molar-refractivity contribution in [2.45, 2.75) is 20.5 Å². The minimum absolute atomic E-state index is 0.0816. The molecule has 2 aromatic heterocycles. The van der Waals surface area contributed by atoms with Crippen molar-refractivity contribution in [1.29, 1.82) is 0 Å². The highest BCUT2D eigenvalue weighted by atomic mass is 19.1. The van der Waals surface area contributed by atoms with Crippen LogP contribution in [0.15, 0.2) is 30.3 Å². The minimum atomic E-state index is -1.46. The molecule has 0 radical (unpaired) electrons. The number of benzene rings is 1. The molecule has 0 aliphatic heterocycles. The van der Waals surface area contributed by atoms with E-state index in [1.54, 1.807) is 26.0 Å². The number of nitrogens with zero attached hydrogens (tertiary/aromatic N) is 2. The maximum absolute atomic E-state index is 13.7. The molecule has 3 aromatic rings. The molecule has 0 atom stereocenters. The second-order valence-electron chi connectivity index (χ2n) is 5.44. The molecule has 8 heteroatoms. The Balaban J connectivity index is 2.00. The van der Waals surface area contributed by atoms with E-state index in [1.165, 1.54) is 10.6 Å². The molecule has 0 spiro atoms. The van der Waals surface area contributed by atoms with Gasteiger partial charge in [0.15, 0.2) is 5.75 Å². The van der Waals surface area contributed by atoms with E-state index in [9.17, 15) is 13.6 Å². The molecule has 0 aliphatic rings. The van der Waals surface area contributed by atoms with Gasteiger partial charge in [-0.05, 0) is 37.6 Å². The molecular weight excluding hydrogens is 334 g/mol. The number of aryl methyl sites for hydroxylation is 2. The fourth-order valence-corrected chi connectivity index (χ4v) is 2.47. The molecule has 0 unspecified atom stereocenters. The Hall–Kier alpha value is -3.16. The van der Waals surface area contributed by atoms with Gasteiger partial charge in [0.25, 0.3) is 0 Å². The molecule has 3 rings (SSSR count). The SMILES string of the molecule is Cc1cc(OCc2c(F)cccc2F)n2nc(C)c(OC(=O)O)c2c1. The highest BCUT2D eigenvalue weighted by Crippen LogP contribution is 2.29. The zero-order chi connectivity index (χ0) is 18.1. The van der Waals surface area contributed by atoms with E-state index < -0.39 is 17.8 Å². The molecule has 0 aliphatic carbocycles. The van der Waals surface area contributed by atoms with Gasteiger partial charge in [-0.1, -0.05) is 6.07 Å². The lowest BCUT2D eigenvalue weighted by Crippen LogP contribution is -2.06. The van der Waals surface area contributed by atoms with Crippen molar-refractivity contribution in [2.75, 3.05) is 0 Å². The minimum Gasteiger partial charge on any atom is -0.473 e. The Morgan fingerprint density at radius 2 is 1.92 bits per heavy atom. The summed E-state index contributed by atoms with van der Waals surface area (Å²) in [6.45, 7) is 3.01. The predicted octanol–water partition coefficient (Wildman–Crippen LogP) is 3.87. The average Bonchev–Trinajstić information content (AvgIpc) is 2.82. The monoisotopic (exact) mass is 348 g/mol. The van der Waals surface area contributed by atoms with Crippen molar-refractivity contribution in [2.24, 2.45) is 0 Å². The summed E-state index contributed by atoms with van der Waals surface area (Å²) in [6, 6.07) is 6.86. The van der Waals surface area contributed by atoms with E-state index in [-0.39, 0.29) is 23.8 Å². The number of ether oxygens (including phenoxy) is 2. The third kappa shape index (κ3) is 3.23. The summed E-state index contributed by atoms with van der Waals surface area (Å²) in [5.41, 5.74) is 1.26. The van der Waals surface area contributed by atoms with Gasteiger partial charge in [-0.15, -0.1) is 0 Å². The number of fused-ring (bicyclic) bond motifs is 1. The predicted molar refractivity (Wildman–Crippen MR) is 84.0 cm³/mol. The van der Waals surface area contributed by atoms with Crippen LogP contribution in [-0.2, 0) is 6.61 Å². The normalized spacial score (nSPS) is 10.9. The summed E-state index contributed by atoms with van der Waals surface area (Å²) in [5.74, 6) is -1.13. The van der Waals surface area contributed by atoms with Crippen LogP contribution in [0.4, 0.5) is 13.6 Å². The molecule has 1 N–H and O–H groups in total. The molecule has 0 fully saturated rings. The van der Waals surface area contributed by atoms with E-state index in [4.69, 9.17) is 14.6 Å². The molecule has 130 valence electrons. The quantitative estimate of drug-likeness (QED) is 0.725. The maximum atomic E-state index is 13.7. The third-order valence-corrected chi connectivity index (χ3v) is 3.58. The first-order valence-electron chi connectivity index (χ1n) is 7.33. The van der Waals surface area contributed by atoms with Gasteiger partial charge in [-0.25, -0.2) is 13.6 Å². The number of pyridine rings is 1. The number of halogens is 2. The van der Waals surface area contributed by atoms with Crippen molar-refractivity contribution >= 4 is 11.7 Å². The third-order valence-electron chi connectivity index (χ3n) is 3.58. The first-order chi connectivity index (χ1) is 11.9. The van der Waals surface area contributed by atoms with Crippen LogP contribution in [0.25, 0.3) is 5.52 Å². The largest absolute Gasteiger partial charge is 0.511 e. The Morgan fingerprint density at radius 3 is 2.56 bits per heavy atom. The van der Waals surface area contributed by atoms with Gasteiger partial charge in [0, 0.05) is 6.07 Å². The summed E-state index contributed by atoms with van der Waals surface area (Å²) < 4.78 is 39.1. The number of hydrogen-bond donors (Lipinski definition) is 1. The Bertz CT molecular complexity index is 949. The first kappa shape index (κ1) is 16.7. The molecular formula is C17H14F2N2O4. The van der Waals surface area contributed by atoms with Crippen LogP contribution < -0.4 is 9.47 Å². The maximum Gasteiger partial charge on any atom is 0.511 e. The van der Waals surface area contributed by atoms with Crippen molar-refractivity contribution in [3.8, 4) is 11.6 Å². The standard InChI is InChI=1S/C17H14F2N2O4/c1-9-6-14-16(25-17(22)23)10(2)20-21(14)15(7-9)24-8-11-12(18)4-3-5-13(11)19/h3-7H,8H2,1-2H3,(H,22,23). The zero-order valence-corrected chi connectivity index (χ0v) is 13.4. The average molecular weight is 348 g/mol. The molecule has 25 heavy (non-hydrogen) atoms.